The zero-order valence-corrected chi connectivity index (χ0v) is 13.8. The lowest BCUT2D eigenvalue weighted by Gasteiger charge is -2.20. The molecular formula is C19H22N2O3. The summed E-state index contributed by atoms with van der Waals surface area (Å²) in [5.41, 5.74) is 2.61. The summed E-state index contributed by atoms with van der Waals surface area (Å²) in [4.78, 5) is 24.2. The van der Waals surface area contributed by atoms with Crippen LogP contribution in [0.15, 0.2) is 36.4 Å². The van der Waals surface area contributed by atoms with Crippen molar-refractivity contribution in [1.29, 1.82) is 0 Å². The Balaban J connectivity index is 1.88. The molecule has 0 saturated carbocycles. The minimum absolute atomic E-state index is 0.0777. The van der Waals surface area contributed by atoms with Gasteiger partial charge in [0.25, 0.3) is 5.91 Å². The van der Waals surface area contributed by atoms with Crippen molar-refractivity contribution in [3.05, 3.63) is 58.9 Å². The van der Waals surface area contributed by atoms with Gasteiger partial charge in [-0.15, -0.1) is 0 Å². The van der Waals surface area contributed by atoms with Crippen molar-refractivity contribution < 1.29 is 14.7 Å². The molecule has 1 aliphatic rings. The van der Waals surface area contributed by atoms with Gasteiger partial charge in [0.05, 0.1) is 11.6 Å². The first kappa shape index (κ1) is 16.3. The molecule has 5 nitrogen and oxygen atoms in total. The average molecular weight is 326 g/mol. The molecule has 5 heteroatoms. The number of carboxylic acid groups (broad SMARTS) is 1. The van der Waals surface area contributed by atoms with E-state index in [2.05, 4.69) is 5.32 Å². The number of nitrogens with zero attached hydrogens (tertiary/aromatic N) is 1. The molecule has 1 aliphatic heterocycles. The molecule has 0 radical (unpaired) electrons. The fourth-order valence-electron chi connectivity index (χ4n) is 3.39. The molecule has 1 atom stereocenters. The highest BCUT2D eigenvalue weighted by molar-refractivity contribution is 5.99. The molecule has 0 spiro atoms. The second kappa shape index (κ2) is 6.91. The van der Waals surface area contributed by atoms with Crippen molar-refractivity contribution >= 4 is 11.9 Å². The lowest BCUT2D eigenvalue weighted by molar-refractivity contribution is 0.0683. The van der Waals surface area contributed by atoms with E-state index in [0.717, 1.165) is 36.9 Å². The smallest absolute Gasteiger partial charge is 0.352 e. The van der Waals surface area contributed by atoms with E-state index < -0.39 is 5.97 Å². The Labute approximate surface area is 141 Å². The summed E-state index contributed by atoms with van der Waals surface area (Å²) in [5.74, 6) is -1.17. The summed E-state index contributed by atoms with van der Waals surface area (Å²) >= 11 is 0. The highest BCUT2D eigenvalue weighted by Gasteiger charge is 2.26. The third-order valence-electron chi connectivity index (χ3n) is 4.63. The predicted molar refractivity (Wildman–Crippen MR) is 91.3 cm³/mol. The van der Waals surface area contributed by atoms with Crippen LogP contribution in [0.2, 0.25) is 0 Å². The lowest BCUT2D eigenvalue weighted by Crippen LogP contribution is -2.29. The number of benzene rings is 1. The number of carbonyl (C=O) groups excluding carboxylic acids is 1. The quantitative estimate of drug-likeness (QED) is 0.884. The van der Waals surface area contributed by atoms with Crippen LogP contribution in [0, 0.1) is 0 Å². The second-order valence-corrected chi connectivity index (χ2v) is 6.15. The summed E-state index contributed by atoms with van der Waals surface area (Å²) in [6.07, 6.45) is 3.46. The van der Waals surface area contributed by atoms with Crippen LogP contribution in [0.5, 0.6) is 0 Å². The summed E-state index contributed by atoms with van der Waals surface area (Å²) in [6.45, 7) is 2.69. The van der Waals surface area contributed by atoms with Gasteiger partial charge in [0.15, 0.2) is 0 Å². The molecule has 3 rings (SSSR count). The van der Waals surface area contributed by atoms with Gasteiger partial charge in [-0.25, -0.2) is 4.79 Å². The average Bonchev–Trinajstić information content (AvgIpc) is 3.00. The number of fused-ring (bicyclic) bond motifs is 1. The topological polar surface area (TPSA) is 71.3 Å². The predicted octanol–water partition coefficient (Wildman–Crippen LogP) is 3.40. The van der Waals surface area contributed by atoms with E-state index >= 15 is 0 Å². The Morgan fingerprint density at radius 3 is 2.67 bits per heavy atom. The summed E-state index contributed by atoms with van der Waals surface area (Å²) < 4.78 is 1.78. The first-order valence-electron chi connectivity index (χ1n) is 8.43. The monoisotopic (exact) mass is 326 g/mol. The van der Waals surface area contributed by atoms with Gasteiger partial charge < -0.3 is 15.0 Å². The number of hydrogen-bond donors (Lipinski definition) is 2. The molecule has 1 amide bonds. The summed E-state index contributed by atoms with van der Waals surface area (Å²) in [7, 11) is 0. The van der Waals surface area contributed by atoms with Crippen molar-refractivity contribution in [2.24, 2.45) is 0 Å². The normalized spacial score (nSPS) is 14.7. The Morgan fingerprint density at radius 2 is 2.00 bits per heavy atom. The number of rotatable bonds is 5. The highest BCUT2D eigenvalue weighted by Crippen LogP contribution is 2.25. The van der Waals surface area contributed by atoms with Crippen LogP contribution >= 0.6 is 0 Å². The number of aromatic carboxylic acids is 1. The van der Waals surface area contributed by atoms with Gasteiger partial charge >= 0.3 is 5.97 Å². The van der Waals surface area contributed by atoms with Gasteiger partial charge in [0.1, 0.15) is 5.69 Å². The van der Waals surface area contributed by atoms with Gasteiger partial charge in [-0.2, -0.15) is 0 Å². The molecule has 2 N–H and O–H groups in total. The van der Waals surface area contributed by atoms with Crippen molar-refractivity contribution in [1.82, 2.24) is 9.88 Å². The van der Waals surface area contributed by atoms with Crippen LogP contribution in [0.3, 0.4) is 0 Å². The van der Waals surface area contributed by atoms with Gasteiger partial charge in [0, 0.05) is 12.2 Å². The van der Waals surface area contributed by atoms with Crippen LogP contribution < -0.4 is 5.32 Å². The molecule has 0 aliphatic carbocycles. The zero-order valence-electron chi connectivity index (χ0n) is 13.8. The van der Waals surface area contributed by atoms with E-state index in [1.165, 1.54) is 6.07 Å². The number of carbonyl (C=O) groups is 2. The van der Waals surface area contributed by atoms with Crippen LogP contribution in [0.25, 0.3) is 0 Å². The molecule has 0 saturated heterocycles. The number of carboxylic acids is 1. The fraction of sp³-hybridized carbons (Fsp3) is 0.368. The molecule has 0 bridgehead atoms. The Kier molecular flexibility index (Phi) is 4.69. The van der Waals surface area contributed by atoms with Crippen LogP contribution in [0.4, 0.5) is 0 Å². The van der Waals surface area contributed by atoms with E-state index in [4.69, 9.17) is 0 Å². The molecular weight excluding hydrogens is 304 g/mol. The van der Waals surface area contributed by atoms with Gasteiger partial charge in [-0.3, -0.25) is 4.79 Å². The SMILES string of the molecule is CC[C@@H](NC(=O)c1cc(C(=O)O)n2c1CCCC2)c1ccccc1. The number of hydrogen-bond acceptors (Lipinski definition) is 2. The lowest BCUT2D eigenvalue weighted by atomic mass is 10.0. The first-order valence-corrected chi connectivity index (χ1v) is 8.43. The first-order chi connectivity index (χ1) is 11.6. The maximum absolute atomic E-state index is 12.8. The summed E-state index contributed by atoms with van der Waals surface area (Å²) in [6, 6.07) is 11.3. The molecule has 126 valence electrons. The summed E-state index contributed by atoms with van der Waals surface area (Å²) in [5, 5.41) is 12.4. The third kappa shape index (κ3) is 3.07. The molecule has 2 heterocycles. The largest absolute Gasteiger partial charge is 0.477 e. The van der Waals surface area contributed by atoms with Crippen molar-refractivity contribution in [2.75, 3.05) is 0 Å². The zero-order chi connectivity index (χ0) is 17.1. The molecule has 1 aromatic heterocycles. The van der Waals surface area contributed by atoms with Gasteiger partial charge in [-0.05, 0) is 37.3 Å². The Hall–Kier alpha value is -2.56. The number of amides is 1. The van der Waals surface area contributed by atoms with Crippen LogP contribution in [-0.2, 0) is 13.0 Å². The molecule has 0 unspecified atom stereocenters. The maximum Gasteiger partial charge on any atom is 0.352 e. The van der Waals surface area contributed by atoms with Crippen LogP contribution in [0.1, 0.15) is 64.3 Å². The van der Waals surface area contributed by atoms with Crippen molar-refractivity contribution in [3.63, 3.8) is 0 Å². The standard InChI is InChI=1S/C19H22N2O3/c1-2-15(13-8-4-3-5-9-13)20-18(22)14-12-17(19(23)24)21-11-7-6-10-16(14)21/h3-5,8-9,12,15H,2,6-7,10-11H2,1H3,(H,20,22)(H,23,24)/t15-/m1/s1. The minimum Gasteiger partial charge on any atom is -0.477 e. The number of nitrogens with one attached hydrogen (secondary N) is 1. The van der Waals surface area contributed by atoms with Crippen molar-refractivity contribution in [3.8, 4) is 0 Å². The number of aromatic nitrogens is 1. The Morgan fingerprint density at radius 1 is 1.25 bits per heavy atom. The van der Waals surface area contributed by atoms with E-state index in [-0.39, 0.29) is 17.6 Å². The third-order valence-corrected chi connectivity index (χ3v) is 4.63. The van der Waals surface area contributed by atoms with E-state index in [9.17, 15) is 14.7 Å². The molecule has 1 aromatic carbocycles. The minimum atomic E-state index is -0.979. The molecule has 24 heavy (non-hydrogen) atoms. The van der Waals surface area contributed by atoms with E-state index in [1.807, 2.05) is 37.3 Å². The van der Waals surface area contributed by atoms with E-state index in [1.54, 1.807) is 4.57 Å². The Bertz CT molecular complexity index is 749. The van der Waals surface area contributed by atoms with Crippen molar-refractivity contribution in [2.45, 2.75) is 45.2 Å². The van der Waals surface area contributed by atoms with Gasteiger partial charge in [-0.1, -0.05) is 37.3 Å². The van der Waals surface area contributed by atoms with E-state index in [0.29, 0.717) is 12.1 Å². The molecule has 2 aromatic rings. The fourth-order valence-corrected chi connectivity index (χ4v) is 3.39. The van der Waals surface area contributed by atoms with Gasteiger partial charge in [0.2, 0.25) is 0 Å². The second-order valence-electron chi connectivity index (χ2n) is 6.15. The molecule has 0 fully saturated rings. The highest BCUT2D eigenvalue weighted by atomic mass is 16.4. The maximum atomic E-state index is 12.8. The van der Waals surface area contributed by atoms with Crippen LogP contribution in [-0.4, -0.2) is 21.6 Å².